The highest BCUT2D eigenvalue weighted by molar-refractivity contribution is 5.98. The number of para-hydroxylation sites is 1. The number of benzene rings is 1. The number of hydrogen-bond donors (Lipinski definition) is 0. The van der Waals surface area contributed by atoms with Gasteiger partial charge in [-0.1, -0.05) is 18.2 Å². The van der Waals surface area contributed by atoms with E-state index >= 15 is 0 Å². The third-order valence-electron chi connectivity index (χ3n) is 5.09. The van der Waals surface area contributed by atoms with Crippen molar-refractivity contribution in [2.45, 2.75) is 18.9 Å². The number of piperidine rings is 1. The van der Waals surface area contributed by atoms with Gasteiger partial charge in [0.05, 0.1) is 0 Å². The maximum atomic E-state index is 13.0. The summed E-state index contributed by atoms with van der Waals surface area (Å²) < 4.78 is 2.04. The largest absolute Gasteiger partial charge is 0.340 e. The van der Waals surface area contributed by atoms with E-state index in [1.54, 1.807) is 0 Å². The molecular formula is C17H21N3O. The van der Waals surface area contributed by atoms with Crippen LogP contribution >= 0.6 is 0 Å². The van der Waals surface area contributed by atoms with Crippen LogP contribution in [0.4, 0.5) is 0 Å². The number of aryl methyl sites for hydroxylation is 1. The van der Waals surface area contributed by atoms with Gasteiger partial charge in [-0.25, -0.2) is 0 Å². The Kier molecular flexibility index (Phi) is 3.00. The molecule has 1 aromatic heterocycles. The second-order valence-corrected chi connectivity index (χ2v) is 6.22. The highest BCUT2D eigenvalue weighted by atomic mass is 16.2. The zero-order valence-corrected chi connectivity index (χ0v) is 12.5. The van der Waals surface area contributed by atoms with Crippen LogP contribution in [0.15, 0.2) is 30.3 Å². The molecule has 0 saturated carbocycles. The molecule has 3 aliphatic rings. The van der Waals surface area contributed by atoms with Crippen molar-refractivity contribution in [2.75, 3.05) is 26.2 Å². The molecule has 1 amide bonds. The molecule has 0 aliphatic carbocycles. The first kappa shape index (κ1) is 12.9. The Morgan fingerprint density at radius 3 is 2.62 bits per heavy atom. The molecule has 3 fully saturated rings. The predicted octanol–water partition coefficient (Wildman–Crippen LogP) is 2.10. The molecule has 0 unspecified atom stereocenters. The van der Waals surface area contributed by atoms with E-state index < -0.39 is 0 Å². The molecule has 0 N–H and O–H groups in total. The van der Waals surface area contributed by atoms with E-state index in [1.807, 2.05) is 29.8 Å². The number of aromatic nitrogens is 1. The first-order chi connectivity index (χ1) is 10.2. The Morgan fingerprint density at radius 2 is 1.86 bits per heavy atom. The summed E-state index contributed by atoms with van der Waals surface area (Å²) >= 11 is 0. The third-order valence-corrected chi connectivity index (χ3v) is 5.09. The van der Waals surface area contributed by atoms with Crippen molar-refractivity contribution in [3.8, 4) is 0 Å². The number of carbonyl (C=O) groups excluding carboxylic acids is 1. The first-order valence-corrected chi connectivity index (χ1v) is 7.82. The Bertz CT molecular complexity index is 682. The maximum Gasteiger partial charge on any atom is 0.270 e. The van der Waals surface area contributed by atoms with E-state index in [2.05, 4.69) is 21.9 Å². The van der Waals surface area contributed by atoms with Gasteiger partial charge >= 0.3 is 0 Å². The van der Waals surface area contributed by atoms with Gasteiger partial charge in [-0.05, 0) is 25.0 Å². The topological polar surface area (TPSA) is 28.5 Å². The molecule has 4 nitrogen and oxygen atoms in total. The van der Waals surface area contributed by atoms with Gasteiger partial charge < -0.3 is 14.4 Å². The highest BCUT2D eigenvalue weighted by Gasteiger charge is 2.33. The van der Waals surface area contributed by atoms with Gasteiger partial charge in [0.15, 0.2) is 0 Å². The molecule has 1 aromatic carbocycles. The smallest absolute Gasteiger partial charge is 0.270 e. The molecule has 3 saturated heterocycles. The first-order valence-electron chi connectivity index (χ1n) is 7.82. The predicted molar refractivity (Wildman–Crippen MR) is 83.4 cm³/mol. The molecule has 5 rings (SSSR count). The summed E-state index contributed by atoms with van der Waals surface area (Å²) in [4.78, 5) is 17.6. The monoisotopic (exact) mass is 283 g/mol. The summed E-state index contributed by atoms with van der Waals surface area (Å²) in [5.74, 6) is 0.197. The van der Waals surface area contributed by atoms with Crippen LogP contribution in [0.2, 0.25) is 0 Å². The zero-order chi connectivity index (χ0) is 14.4. The molecule has 2 aromatic rings. The SMILES string of the molecule is Cn1c(C(=O)N2CCN3CCC2CC3)cc2ccccc21. The Hall–Kier alpha value is -1.81. The third kappa shape index (κ3) is 2.05. The Morgan fingerprint density at radius 1 is 1.10 bits per heavy atom. The molecule has 4 heteroatoms. The molecule has 4 heterocycles. The van der Waals surface area contributed by atoms with Crippen molar-refractivity contribution in [1.82, 2.24) is 14.4 Å². The van der Waals surface area contributed by atoms with Gasteiger partial charge in [0, 0.05) is 50.2 Å². The van der Waals surface area contributed by atoms with E-state index in [1.165, 1.54) is 0 Å². The van der Waals surface area contributed by atoms with Crippen LogP contribution in [-0.4, -0.2) is 52.5 Å². The second kappa shape index (κ2) is 4.88. The van der Waals surface area contributed by atoms with Crippen molar-refractivity contribution in [3.63, 3.8) is 0 Å². The van der Waals surface area contributed by atoms with Crippen LogP contribution in [-0.2, 0) is 7.05 Å². The fraction of sp³-hybridized carbons (Fsp3) is 0.471. The van der Waals surface area contributed by atoms with Crippen LogP contribution in [0, 0.1) is 0 Å². The van der Waals surface area contributed by atoms with Crippen LogP contribution in [0.5, 0.6) is 0 Å². The minimum absolute atomic E-state index is 0.197. The van der Waals surface area contributed by atoms with E-state index in [9.17, 15) is 4.79 Å². The number of hydrogen-bond acceptors (Lipinski definition) is 2. The lowest BCUT2D eigenvalue weighted by Crippen LogP contribution is -2.42. The lowest BCUT2D eigenvalue weighted by Gasteiger charge is -2.31. The molecule has 2 bridgehead atoms. The number of amides is 1. The van der Waals surface area contributed by atoms with E-state index in [4.69, 9.17) is 0 Å². The standard InChI is InChI=1S/C17H21N3O/c1-18-15-5-3-2-4-13(15)12-16(18)17(21)20-11-10-19-8-6-14(20)7-9-19/h2-5,12,14H,6-11H2,1H3. The summed E-state index contributed by atoms with van der Waals surface area (Å²) in [6, 6.07) is 10.7. The summed E-state index contributed by atoms with van der Waals surface area (Å²) in [5, 5.41) is 1.14. The Labute approximate surface area is 124 Å². The van der Waals surface area contributed by atoms with E-state index in [0.29, 0.717) is 6.04 Å². The maximum absolute atomic E-state index is 13.0. The zero-order valence-electron chi connectivity index (χ0n) is 12.5. The van der Waals surface area contributed by atoms with Crippen LogP contribution in [0.25, 0.3) is 10.9 Å². The van der Waals surface area contributed by atoms with Gasteiger partial charge in [-0.3, -0.25) is 4.79 Å². The van der Waals surface area contributed by atoms with Gasteiger partial charge in [0.25, 0.3) is 5.91 Å². The van der Waals surface area contributed by atoms with Gasteiger partial charge in [0.2, 0.25) is 0 Å². The van der Waals surface area contributed by atoms with Crippen LogP contribution < -0.4 is 0 Å². The van der Waals surface area contributed by atoms with Crippen molar-refractivity contribution < 1.29 is 4.79 Å². The van der Waals surface area contributed by atoms with Crippen molar-refractivity contribution >= 4 is 16.8 Å². The number of fused-ring (bicyclic) bond motifs is 5. The second-order valence-electron chi connectivity index (χ2n) is 6.22. The van der Waals surface area contributed by atoms with Crippen molar-refractivity contribution in [1.29, 1.82) is 0 Å². The summed E-state index contributed by atoms with van der Waals surface area (Å²) in [6.45, 7) is 4.17. The lowest BCUT2D eigenvalue weighted by atomic mass is 10.0. The molecular weight excluding hydrogens is 262 g/mol. The van der Waals surface area contributed by atoms with Gasteiger partial charge in [-0.15, -0.1) is 0 Å². The van der Waals surface area contributed by atoms with Crippen LogP contribution in [0.1, 0.15) is 23.3 Å². The fourth-order valence-electron chi connectivity index (χ4n) is 3.79. The van der Waals surface area contributed by atoms with E-state index in [-0.39, 0.29) is 5.91 Å². The fourth-order valence-corrected chi connectivity index (χ4v) is 3.79. The minimum Gasteiger partial charge on any atom is -0.340 e. The van der Waals surface area contributed by atoms with Gasteiger partial charge in [-0.2, -0.15) is 0 Å². The quantitative estimate of drug-likeness (QED) is 0.802. The van der Waals surface area contributed by atoms with Crippen molar-refractivity contribution in [2.24, 2.45) is 7.05 Å². The molecule has 0 radical (unpaired) electrons. The summed E-state index contributed by atoms with van der Waals surface area (Å²) in [6.07, 6.45) is 2.24. The minimum atomic E-state index is 0.197. The molecule has 21 heavy (non-hydrogen) atoms. The molecule has 0 spiro atoms. The average molecular weight is 283 g/mol. The molecule has 3 aliphatic heterocycles. The average Bonchev–Trinajstić information content (AvgIpc) is 2.69. The summed E-state index contributed by atoms with van der Waals surface area (Å²) in [7, 11) is 1.99. The normalized spacial score (nSPS) is 25.3. The highest BCUT2D eigenvalue weighted by Crippen LogP contribution is 2.25. The van der Waals surface area contributed by atoms with E-state index in [0.717, 1.165) is 55.6 Å². The molecule has 0 atom stereocenters. The number of rotatable bonds is 1. The number of nitrogens with zero attached hydrogens (tertiary/aromatic N) is 3. The van der Waals surface area contributed by atoms with Gasteiger partial charge in [0.1, 0.15) is 5.69 Å². The number of carbonyl (C=O) groups is 1. The Balaban J connectivity index is 1.71. The van der Waals surface area contributed by atoms with Crippen LogP contribution in [0.3, 0.4) is 0 Å². The van der Waals surface area contributed by atoms with Crippen molar-refractivity contribution in [3.05, 3.63) is 36.0 Å². The summed E-state index contributed by atoms with van der Waals surface area (Å²) in [5.41, 5.74) is 1.94. The molecule has 110 valence electrons. The lowest BCUT2D eigenvalue weighted by molar-refractivity contribution is 0.0675.